The van der Waals surface area contributed by atoms with Crippen LogP contribution in [0.2, 0.25) is 0 Å². The summed E-state index contributed by atoms with van der Waals surface area (Å²) < 4.78 is 13.1. The van der Waals surface area contributed by atoms with E-state index >= 15 is 0 Å². The fourth-order valence-electron chi connectivity index (χ4n) is 2.39. The van der Waals surface area contributed by atoms with Crippen LogP contribution in [0.25, 0.3) is 0 Å². The van der Waals surface area contributed by atoms with E-state index in [9.17, 15) is 4.39 Å². The molecule has 2 aromatic rings. The summed E-state index contributed by atoms with van der Waals surface area (Å²) in [4.78, 5) is 2.84. The first-order chi connectivity index (χ1) is 10.1. The summed E-state index contributed by atoms with van der Waals surface area (Å²) >= 11 is 1.89. The van der Waals surface area contributed by atoms with E-state index in [0.29, 0.717) is 12.0 Å². The van der Waals surface area contributed by atoms with Gasteiger partial charge in [0.1, 0.15) is 5.82 Å². The van der Waals surface area contributed by atoms with Crippen LogP contribution in [0.4, 0.5) is 4.39 Å². The molecule has 0 radical (unpaired) electrons. The molecule has 1 aromatic heterocycles. The number of aryl methyl sites for hydroxylation is 1. The third-order valence-electron chi connectivity index (χ3n) is 3.63. The first-order valence-electron chi connectivity index (χ1n) is 7.65. The largest absolute Gasteiger partial charge is 0.314 e. The van der Waals surface area contributed by atoms with Gasteiger partial charge in [0.15, 0.2) is 0 Å². The van der Waals surface area contributed by atoms with Crippen molar-refractivity contribution in [1.29, 1.82) is 0 Å². The average molecular weight is 305 g/mol. The van der Waals surface area contributed by atoms with Crippen molar-refractivity contribution in [1.82, 2.24) is 5.32 Å². The molecular formula is C18H24FNS. The van der Waals surface area contributed by atoms with Gasteiger partial charge in [-0.15, -0.1) is 11.3 Å². The van der Waals surface area contributed by atoms with Crippen molar-refractivity contribution in [2.45, 2.75) is 45.6 Å². The minimum atomic E-state index is -0.168. The summed E-state index contributed by atoms with van der Waals surface area (Å²) in [6.45, 7) is 7.42. The van der Waals surface area contributed by atoms with Crippen LogP contribution in [0.1, 0.15) is 42.0 Å². The Morgan fingerprint density at radius 2 is 1.71 bits per heavy atom. The third kappa shape index (κ3) is 4.94. The van der Waals surface area contributed by atoms with Crippen molar-refractivity contribution in [3.05, 3.63) is 57.5 Å². The number of benzene rings is 1. The predicted octanol–water partition coefficient (Wildman–Crippen LogP) is 4.77. The fourth-order valence-corrected chi connectivity index (χ4v) is 3.42. The molecule has 0 spiro atoms. The summed E-state index contributed by atoms with van der Waals surface area (Å²) in [5, 5.41) is 3.51. The maximum atomic E-state index is 13.1. The van der Waals surface area contributed by atoms with E-state index in [1.165, 1.54) is 15.3 Å². The van der Waals surface area contributed by atoms with Crippen LogP contribution >= 0.6 is 11.3 Å². The molecule has 3 heteroatoms. The van der Waals surface area contributed by atoms with Gasteiger partial charge in [-0.2, -0.15) is 0 Å². The minimum Gasteiger partial charge on any atom is -0.314 e. The molecule has 21 heavy (non-hydrogen) atoms. The Labute approximate surface area is 131 Å². The Hall–Kier alpha value is -1.19. The second-order valence-corrected chi connectivity index (χ2v) is 6.99. The molecule has 1 heterocycles. The molecule has 0 bridgehead atoms. The lowest BCUT2D eigenvalue weighted by Gasteiger charge is -2.19. The number of halogens is 1. The first-order valence-corrected chi connectivity index (χ1v) is 8.46. The van der Waals surface area contributed by atoms with Gasteiger partial charge >= 0.3 is 0 Å². The lowest BCUT2D eigenvalue weighted by Crippen LogP contribution is -2.28. The molecular weight excluding hydrogens is 281 g/mol. The lowest BCUT2D eigenvalue weighted by molar-refractivity contribution is 0.527. The number of hydrogen-bond donors (Lipinski definition) is 1. The highest BCUT2D eigenvalue weighted by Crippen LogP contribution is 2.26. The molecule has 0 fully saturated rings. The summed E-state index contributed by atoms with van der Waals surface area (Å²) in [5.74, 6) is 0.218. The Bertz CT molecular complexity index is 545. The van der Waals surface area contributed by atoms with Gasteiger partial charge in [-0.05, 0) is 42.7 Å². The van der Waals surface area contributed by atoms with E-state index in [2.05, 4.69) is 38.2 Å². The van der Waals surface area contributed by atoms with Gasteiger partial charge in [0.05, 0.1) is 0 Å². The van der Waals surface area contributed by atoms with E-state index in [1.54, 1.807) is 12.1 Å². The number of hydrogen-bond acceptors (Lipinski definition) is 2. The average Bonchev–Trinajstić information content (AvgIpc) is 2.92. The molecule has 114 valence electrons. The summed E-state index contributed by atoms with van der Waals surface area (Å²) in [7, 11) is 0. The smallest absolute Gasteiger partial charge is 0.123 e. The quantitative estimate of drug-likeness (QED) is 0.776. The molecule has 0 amide bonds. The first kappa shape index (κ1) is 16.2. The molecule has 0 aliphatic heterocycles. The number of thiophene rings is 1. The molecule has 0 aliphatic rings. The van der Waals surface area contributed by atoms with Crippen molar-refractivity contribution in [3.63, 3.8) is 0 Å². The van der Waals surface area contributed by atoms with Gasteiger partial charge in [0.25, 0.3) is 0 Å². The highest BCUT2D eigenvalue weighted by molar-refractivity contribution is 7.11. The van der Waals surface area contributed by atoms with Gasteiger partial charge in [-0.3, -0.25) is 0 Å². The Kier molecular flexibility index (Phi) is 5.95. The van der Waals surface area contributed by atoms with Crippen molar-refractivity contribution in [2.75, 3.05) is 6.54 Å². The van der Waals surface area contributed by atoms with Gasteiger partial charge in [0, 0.05) is 28.3 Å². The van der Waals surface area contributed by atoms with Crippen LogP contribution in [-0.4, -0.2) is 12.6 Å². The molecule has 1 nitrogen and oxygen atoms in total. The Balaban J connectivity index is 2.12. The van der Waals surface area contributed by atoms with Crippen LogP contribution in [0, 0.1) is 5.82 Å². The summed E-state index contributed by atoms with van der Waals surface area (Å²) in [5.41, 5.74) is 1.20. The Morgan fingerprint density at radius 3 is 2.29 bits per heavy atom. The zero-order valence-electron chi connectivity index (χ0n) is 13.0. The topological polar surface area (TPSA) is 12.0 Å². The van der Waals surface area contributed by atoms with Crippen LogP contribution in [0.3, 0.4) is 0 Å². The monoisotopic (exact) mass is 305 g/mol. The van der Waals surface area contributed by atoms with Gasteiger partial charge < -0.3 is 5.32 Å². The molecule has 1 unspecified atom stereocenters. The lowest BCUT2D eigenvalue weighted by atomic mass is 9.94. The van der Waals surface area contributed by atoms with Crippen molar-refractivity contribution in [2.24, 2.45) is 0 Å². The third-order valence-corrected chi connectivity index (χ3v) is 4.88. The highest BCUT2D eigenvalue weighted by atomic mass is 32.1. The van der Waals surface area contributed by atoms with E-state index in [-0.39, 0.29) is 5.82 Å². The standard InChI is InChI=1S/C18H24FNS/c1-4-17-9-10-18(21-17)11-15(12-20-13(2)3)14-5-7-16(19)8-6-14/h5-10,13,15,20H,4,11-12H2,1-3H3. The van der Waals surface area contributed by atoms with Gasteiger partial charge in [-0.1, -0.05) is 32.9 Å². The van der Waals surface area contributed by atoms with E-state index in [0.717, 1.165) is 19.4 Å². The SMILES string of the molecule is CCc1ccc(CC(CNC(C)C)c2ccc(F)cc2)s1. The van der Waals surface area contributed by atoms with Gasteiger partial charge in [-0.25, -0.2) is 4.39 Å². The van der Waals surface area contributed by atoms with E-state index in [1.807, 2.05) is 23.5 Å². The number of rotatable bonds is 7. The molecule has 1 N–H and O–H groups in total. The van der Waals surface area contributed by atoms with Crippen LogP contribution < -0.4 is 5.32 Å². The van der Waals surface area contributed by atoms with Crippen molar-refractivity contribution >= 4 is 11.3 Å². The second kappa shape index (κ2) is 7.71. The fraction of sp³-hybridized carbons (Fsp3) is 0.444. The zero-order valence-corrected chi connectivity index (χ0v) is 13.8. The van der Waals surface area contributed by atoms with Gasteiger partial charge in [0.2, 0.25) is 0 Å². The zero-order chi connectivity index (χ0) is 15.2. The number of nitrogens with one attached hydrogen (secondary N) is 1. The van der Waals surface area contributed by atoms with Crippen LogP contribution in [-0.2, 0) is 12.8 Å². The van der Waals surface area contributed by atoms with E-state index in [4.69, 9.17) is 0 Å². The Morgan fingerprint density at radius 1 is 1.05 bits per heavy atom. The maximum absolute atomic E-state index is 13.1. The van der Waals surface area contributed by atoms with E-state index < -0.39 is 0 Å². The van der Waals surface area contributed by atoms with Crippen molar-refractivity contribution < 1.29 is 4.39 Å². The molecule has 2 rings (SSSR count). The predicted molar refractivity (Wildman–Crippen MR) is 89.7 cm³/mol. The molecule has 0 saturated heterocycles. The molecule has 1 aromatic carbocycles. The van der Waals surface area contributed by atoms with Crippen molar-refractivity contribution in [3.8, 4) is 0 Å². The highest BCUT2D eigenvalue weighted by Gasteiger charge is 2.14. The maximum Gasteiger partial charge on any atom is 0.123 e. The van der Waals surface area contributed by atoms with Crippen LogP contribution in [0.5, 0.6) is 0 Å². The van der Waals surface area contributed by atoms with Crippen LogP contribution in [0.15, 0.2) is 36.4 Å². The minimum absolute atomic E-state index is 0.168. The molecule has 1 atom stereocenters. The molecule has 0 aliphatic carbocycles. The second-order valence-electron chi connectivity index (χ2n) is 5.74. The molecule has 0 saturated carbocycles. The summed E-state index contributed by atoms with van der Waals surface area (Å²) in [6, 6.07) is 11.9. The normalized spacial score (nSPS) is 12.8. The summed E-state index contributed by atoms with van der Waals surface area (Å²) in [6.07, 6.45) is 2.10.